The van der Waals surface area contributed by atoms with E-state index in [9.17, 15) is 9.90 Å². The van der Waals surface area contributed by atoms with E-state index in [1.807, 2.05) is 6.92 Å². The molecule has 0 rings (SSSR count). The quantitative estimate of drug-likeness (QED) is 0.628. The Morgan fingerprint density at radius 1 is 1.50 bits per heavy atom. The third-order valence-corrected chi connectivity index (χ3v) is 2.04. The van der Waals surface area contributed by atoms with Crippen molar-refractivity contribution in [2.24, 2.45) is 5.92 Å². The summed E-state index contributed by atoms with van der Waals surface area (Å²) >= 11 is 0. The normalized spacial score (nSPS) is 14.9. The van der Waals surface area contributed by atoms with Crippen LogP contribution in [0.4, 0.5) is 0 Å². The molecule has 0 saturated heterocycles. The molecule has 84 valence electrons. The van der Waals surface area contributed by atoms with Crippen LogP contribution in [0.15, 0.2) is 0 Å². The maximum Gasteiger partial charge on any atom is 0.305 e. The van der Waals surface area contributed by atoms with Gasteiger partial charge >= 0.3 is 5.97 Å². The summed E-state index contributed by atoms with van der Waals surface area (Å²) in [6.45, 7) is 4.55. The summed E-state index contributed by atoms with van der Waals surface area (Å²) in [6, 6.07) is 0. The summed E-state index contributed by atoms with van der Waals surface area (Å²) in [7, 11) is 1.59. The van der Waals surface area contributed by atoms with Gasteiger partial charge in [0, 0.05) is 19.4 Å². The fourth-order valence-electron chi connectivity index (χ4n) is 1.16. The van der Waals surface area contributed by atoms with Crippen LogP contribution in [0.1, 0.15) is 26.7 Å². The van der Waals surface area contributed by atoms with E-state index in [4.69, 9.17) is 9.47 Å². The molecule has 2 unspecified atom stereocenters. The Morgan fingerprint density at radius 3 is 2.64 bits per heavy atom. The van der Waals surface area contributed by atoms with Crippen LogP contribution in [-0.2, 0) is 14.3 Å². The molecule has 14 heavy (non-hydrogen) atoms. The largest absolute Gasteiger partial charge is 0.466 e. The lowest BCUT2D eigenvalue weighted by Gasteiger charge is -2.17. The van der Waals surface area contributed by atoms with Crippen molar-refractivity contribution in [3.05, 3.63) is 0 Å². The number of hydrogen-bond acceptors (Lipinski definition) is 4. The van der Waals surface area contributed by atoms with Crippen LogP contribution in [0.3, 0.4) is 0 Å². The van der Waals surface area contributed by atoms with Crippen LogP contribution in [0.2, 0.25) is 0 Å². The molecule has 2 atom stereocenters. The first-order chi connectivity index (χ1) is 6.61. The summed E-state index contributed by atoms with van der Waals surface area (Å²) in [6.07, 6.45) is 0.200. The van der Waals surface area contributed by atoms with Crippen molar-refractivity contribution >= 4 is 5.97 Å². The Bertz CT molecular complexity index is 158. The second-order valence-electron chi connectivity index (χ2n) is 3.34. The Balaban J connectivity index is 3.61. The van der Waals surface area contributed by atoms with Crippen LogP contribution >= 0.6 is 0 Å². The monoisotopic (exact) mass is 204 g/mol. The van der Waals surface area contributed by atoms with E-state index in [2.05, 4.69) is 0 Å². The first-order valence-corrected chi connectivity index (χ1v) is 4.94. The van der Waals surface area contributed by atoms with Gasteiger partial charge in [0.15, 0.2) is 0 Å². The van der Waals surface area contributed by atoms with Gasteiger partial charge in [-0.15, -0.1) is 0 Å². The first-order valence-electron chi connectivity index (χ1n) is 4.94. The maximum atomic E-state index is 11.0. The predicted octanol–water partition coefficient (Wildman–Crippen LogP) is 0.973. The van der Waals surface area contributed by atoms with Crippen molar-refractivity contribution in [1.82, 2.24) is 0 Å². The zero-order valence-electron chi connectivity index (χ0n) is 9.16. The van der Waals surface area contributed by atoms with Gasteiger partial charge in [-0.25, -0.2) is 0 Å². The summed E-state index contributed by atoms with van der Waals surface area (Å²) in [5.74, 6) is -0.203. The average Bonchev–Trinajstić information content (AvgIpc) is 2.15. The predicted molar refractivity (Wildman–Crippen MR) is 52.9 cm³/mol. The third-order valence-electron chi connectivity index (χ3n) is 2.04. The number of esters is 1. The van der Waals surface area contributed by atoms with Gasteiger partial charge < -0.3 is 14.6 Å². The molecule has 0 saturated carbocycles. The zero-order valence-corrected chi connectivity index (χ0v) is 9.16. The van der Waals surface area contributed by atoms with E-state index in [-0.39, 0.29) is 18.3 Å². The van der Waals surface area contributed by atoms with Gasteiger partial charge in [-0.1, -0.05) is 6.92 Å². The van der Waals surface area contributed by atoms with Crippen molar-refractivity contribution < 1.29 is 19.4 Å². The van der Waals surface area contributed by atoms with Crippen LogP contribution in [0.5, 0.6) is 0 Å². The highest BCUT2D eigenvalue weighted by molar-refractivity contribution is 5.69. The molecule has 0 radical (unpaired) electrons. The number of carbonyl (C=O) groups is 1. The molecule has 1 N–H and O–H groups in total. The Labute approximate surface area is 85.2 Å². The highest BCUT2D eigenvalue weighted by Gasteiger charge is 2.15. The lowest BCUT2D eigenvalue weighted by molar-refractivity contribution is -0.144. The number of hydrogen-bond donors (Lipinski definition) is 1. The van der Waals surface area contributed by atoms with Gasteiger partial charge in [-0.05, 0) is 13.3 Å². The molecule has 0 aliphatic heterocycles. The van der Waals surface area contributed by atoms with Crippen molar-refractivity contribution in [2.45, 2.75) is 32.8 Å². The zero-order chi connectivity index (χ0) is 11.0. The number of rotatable bonds is 7. The first kappa shape index (κ1) is 13.4. The highest BCUT2D eigenvalue weighted by atomic mass is 16.5. The molecule has 0 spiro atoms. The minimum Gasteiger partial charge on any atom is -0.466 e. The molecular weight excluding hydrogens is 184 g/mol. The minimum absolute atomic E-state index is 0.0504. The van der Waals surface area contributed by atoms with E-state index in [0.717, 1.165) is 0 Å². The highest BCUT2D eigenvalue weighted by Crippen LogP contribution is 2.09. The third kappa shape index (κ3) is 5.94. The molecule has 0 aromatic heterocycles. The van der Waals surface area contributed by atoms with Crippen molar-refractivity contribution in [2.75, 3.05) is 20.3 Å². The molecule has 0 aromatic rings. The van der Waals surface area contributed by atoms with Crippen LogP contribution < -0.4 is 0 Å². The summed E-state index contributed by atoms with van der Waals surface area (Å²) in [5.41, 5.74) is 0. The topological polar surface area (TPSA) is 55.8 Å². The summed E-state index contributed by atoms with van der Waals surface area (Å²) in [4.78, 5) is 11.0. The van der Waals surface area contributed by atoms with E-state index < -0.39 is 6.10 Å². The van der Waals surface area contributed by atoms with Crippen LogP contribution in [0.25, 0.3) is 0 Å². The smallest absolute Gasteiger partial charge is 0.305 e. The van der Waals surface area contributed by atoms with E-state index in [0.29, 0.717) is 19.6 Å². The van der Waals surface area contributed by atoms with E-state index >= 15 is 0 Å². The molecule has 4 heteroatoms. The number of aliphatic hydroxyl groups is 1. The average molecular weight is 204 g/mol. The molecule has 0 bridgehead atoms. The van der Waals surface area contributed by atoms with Gasteiger partial charge in [0.05, 0.1) is 19.3 Å². The Morgan fingerprint density at radius 2 is 2.14 bits per heavy atom. The molecule has 0 aromatic carbocycles. The number of ether oxygens (including phenoxy) is 2. The second kappa shape index (κ2) is 7.76. The Kier molecular flexibility index (Phi) is 7.42. The fourth-order valence-corrected chi connectivity index (χ4v) is 1.16. The number of carbonyl (C=O) groups excluding carboxylic acids is 1. The number of methoxy groups -OCH3 is 1. The van der Waals surface area contributed by atoms with Gasteiger partial charge in [-0.3, -0.25) is 4.79 Å². The minimum atomic E-state index is -0.501. The van der Waals surface area contributed by atoms with Gasteiger partial charge in [0.2, 0.25) is 0 Å². The summed E-state index contributed by atoms with van der Waals surface area (Å²) < 4.78 is 9.65. The van der Waals surface area contributed by atoms with Gasteiger partial charge in [-0.2, -0.15) is 0 Å². The van der Waals surface area contributed by atoms with Crippen LogP contribution in [0, 0.1) is 5.92 Å². The standard InChI is InChI=1S/C10H20O4/c1-4-14-10(12)6-5-9(11)8(2)7-13-3/h8-9,11H,4-7H2,1-3H3. The van der Waals surface area contributed by atoms with E-state index in [1.54, 1.807) is 14.0 Å². The van der Waals surface area contributed by atoms with Crippen molar-refractivity contribution in [3.63, 3.8) is 0 Å². The molecule has 0 amide bonds. The van der Waals surface area contributed by atoms with E-state index in [1.165, 1.54) is 0 Å². The number of aliphatic hydroxyl groups excluding tert-OH is 1. The van der Waals surface area contributed by atoms with Gasteiger partial charge in [0.25, 0.3) is 0 Å². The molecule has 0 fully saturated rings. The summed E-state index contributed by atoms with van der Waals surface area (Å²) in [5, 5.41) is 9.58. The molecule has 0 aliphatic rings. The lowest BCUT2D eigenvalue weighted by atomic mass is 10.0. The van der Waals surface area contributed by atoms with Crippen LogP contribution in [-0.4, -0.2) is 37.5 Å². The maximum absolute atomic E-state index is 11.0. The SMILES string of the molecule is CCOC(=O)CCC(O)C(C)COC. The molecular formula is C10H20O4. The lowest BCUT2D eigenvalue weighted by Crippen LogP contribution is -2.23. The molecule has 4 nitrogen and oxygen atoms in total. The second-order valence-corrected chi connectivity index (χ2v) is 3.34. The Hall–Kier alpha value is -0.610. The van der Waals surface area contributed by atoms with Crippen molar-refractivity contribution in [1.29, 1.82) is 0 Å². The molecule has 0 heterocycles. The van der Waals surface area contributed by atoms with Crippen molar-refractivity contribution in [3.8, 4) is 0 Å². The molecule has 0 aliphatic carbocycles. The van der Waals surface area contributed by atoms with Gasteiger partial charge in [0.1, 0.15) is 0 Å². The fraction of sp³-hybridized carbons (Fsp3) is 0.900.